The van der Waals surface area contributed by atoms with E-state index in [2.05, 4.69) is 15.7 Å². The highest BCUT2D eigenvalue weighted by molar-refractivity contribution is 5.92. The van der Waals surface area contributed by atoms with Crippen molar-refractivity contribution in [2.24, 2.45) is 0 Å². The van der Waals surface area contributed by atoms with E-state index in [0.29, 0.717) is 25.2 Å². The van der Waals surface area contributed by atoms with Crippen molar-refractivity contribution in [2.75, 3.05) is 18.4 Å². The second-order valence-electron chi connectivity index (χ2n) is 6.86. The average Bonchev–Trinajstić information content (AvgIpc) is 2.73. The van der Waals surface area contributed by atoms with E-state index < -0.39 is 23.1 Å². The second kappa shape index (κ2) is 9.46. The van der Waals surface area contributed by atoms with Crippen LogP contribution in [0.2, 0.25) is 0 Å². The number of aryl methyl sites for hydroxylation is 1. The Morgan fingerprint density at radius 2 is 1.77 bits per heavy atom. The van der Waals surface area contributed by atoms with Crippen molar-refractivity contribution in [1.29, 1.82) is 0 Å². The standard InChI is InChI=1S/C22H21F3N4O2/c1-15-13-19(30)20(21(31)27-12-6-11-26-17-8-3-2-4-9-17)28-29(15)18-10-5-7-16(14-18)22(23,24)25/h2-5,7-10,13-14,26H,6,11-12H2,1H3,(H,27,31). The molecule has 0 unspecified atom stereocenters. The fraction of sp³-hybridized carbons (Fsp3) is 0.227. The molecule has 0 fully saturated rings. The number of carbonyl (C=O) groups is 1. The van der Waals surface area contributed by atoms with Crippen LogP contribution in [0.4, 0.5) is 18.9 Å². The highest BCUT2D eigenvalue weighted by atomic mass is 19.4. The zero-order chi connectivity index (χ0) is 22.4. The molecular weight excluding hydrogens is 409 g/mol. The quantitative estimate of drug-likeness (QED) is 0.560. The van der Waals surface area contributed by atoms with E-state index in [4.69, 9.17) is 0 Å². The Morgan fingerprint density at radius 1 is 1.03 bits per heavy atom. The Hall–Kier alpha value is -3.62. The lowest BCUT2D eigenvalue weighted by atomic mass is 10.2. The molecule has 3 aromatic rings. The number of rotatable bonds is 7. The van der Waals surface area contributed by atoms with Gasteiger partial charge < -0.3 is 10.6 Å². The molecule has 0 saturated carbocycles. The normalized spacial score (nSPS) is 11.2. The van der Waals surface area contributed by atoms with Gasteiger partial charge in [-0.25, -0.2) is 4.68 Å². The summed E-state index contributed by atoms with van der Waals surface area (Å²) in [7, 11) is 0. The maximum Gasteiger partial charge on any atom is 0.416 e. The van der Waals surface area contributed by atoms with Crippen molar-refractivity contribution >= 4 is 11.6 Å². The van der Waals surface area contributed by atoms with Gasteiger partial charge in [0, 0.05) is 30.5 Å². The van der Waals surface area contributed by atoms with Crippen LogP contribution in [0.15, 0.2) is 65.5 Å². The van der Waals surface area contributed by atoms with Gasteiger partial charge in [-0.3, -0.25) is 9.59 Å². The number of aromatic nitrogens is 2. The first-order valence-corrected chi connectivity index (χ1v) is 9.61. The summed E-state index contributed by atoms with van der Waals surface area (Å²) < 4.78 is 40.2. The molecule has 0 aliphatic carbocycles. The molecule has 0 saturated heterocycles. The minimum Gasteiger partial charge on any atom is -0.385 e. The lowest BCUT2D eigenvalue weighted by Crippen LogP contribution is -2.33. The molecule has 0 bridgehead atoms. The van der Waals surface area contributed by atoms with Gasteiger partial charge in [-0.05, 0) is 43.7 Å². The first-order valence-electron chi connectivity index (χ1n) is 9.61. The molecule has 9 heteroatoms. The maximum atomic E-state index is 13.0. The predicted octanol–water partition coefficient (Wildman–Crippen LogP) is 3.79. The average molecular weight is 430 g/mol. The topological polar surface area (TPSA) is 76.0 Å². The summed E-state index contributed by atoms with van der Waals surface area (Å²) in [5.74, 6) is -0.676. The number of para-hydroxylation sites is 1. The summed E-state index contributed by atoms with van der Waals surface area (Å²) in [5.41, 5.74) is -0.444. The first kappa shape index (κ1) is 22.1. The number of anilines is 1. The monoisotopic (exact) mass is 430 g/mol. The van der Waals surface area contributed by atoms with Crippen molar-refractivity contribution in [3.63, 3.8) is 0 Å². The summed E-state index contributed by atoms with van der Waals surface area (Å²) in [6.07, 6.45) is -3.91. The second-order valence-corrected chi connectivity index (χ2v) is 6.86. The number of amides is 1. The summed E-state index contributed by atoms with van der Waals surface area (Å²) in [5, 5.41) is 9.85. The van der Waals surface area contributed by atoms with E-state index >= 15 is 0 Å². The Labute approximate surface area is 176 Å². The molecule has 6 nitrogen and oxygen atoms in total. The van der Waals surface area contributed by atoms with Crippen LogP contribution in [0.5, 0.6) is 0 Å². The summed E-state index contributed by atoms with van der Waals surface area (Å²) in [6, 6.07) is 15.3. The first-order chi connectivity index (χ1) is 14.8. The van der Waals surface area contributed by atoms with E-state index in [1.807, 2.05) is 30.3 Å². The van der Waals surface area contributed by atoms with Gasteiger partial charge in [-0.1, -0.05) is 24.3 Å². The van der Waals surface area contributed by atoms with E-state index in [1.165, 1.54) is 25.1 Å². The number of alkyl halides is 3. The fourth-order valence-corrected chi connectivity index (χ4v) is 2.94. The molecular formula is C22H21F3N4O2. The third-order valence-electron chi connectivity index (χ3n) is 4.48. The van der Waals surface area contributed by atoms with Gasteiger partial charge in [0.1, 0.15) is 0 Å². The molecule has 2 aromatic carbocycles. The van der Waals surface area contributed by atoms with E-state index in [0.717, 1.165) is 22.5 Å². The molecule has 162 valence electrons. The van der Waals surface area contributed by atoms with Crippen LogP contribution in [-0.4, -0.2) is 28.8 Å². The molecule has 1 heterocycles. The number of hydrogen-bond acceptors (Lipinski definition) is 4. The summed E-state index contributed by atoms with van der Waals surface area (Å²) >= 11 is 0. The molecule has 0 atom stereocenters. The van der Waals surface area contributed by atoms with Crippen LogP contribution < -0.4 is 16.1 Å². The van der Waals surface area contributed by atoms with Crippen molar-refractivity contribution in [1.82, 2.24) is 15.1 Å². The van der Waals surface area contributed by atoms with Gasteiger partial charge in [0.15, 0.2) is 5.69 Å². The summed E-state index contributed by atoms with van der Waals surface area (Å²) in [6.45, 7) is 2.45. The molecule has 2 N–H and O–H groups in total. The number of nitrogens with zero attached hydrogens (tertiary/aromatic N) is 2. The summed E-state index contributed by atoms with van der Waals surface area (Å²) in [4.78, 5) is 24.7. The Morgan fingerprint density at radius 3 is 2.48 bits per heavy atom. The minimum atomic E-state index is -4.52. The van der Waals surface area contributed by atoms with Gasteiger partial charge in [0.25, 0.3) is 5.91 Å². The van der Waals surface area contributed by atoms with Gasteiger partial charge >= 0.3 is 6.18 Å². The molecule has 1 amide bonds. The van der Waals surface area contributed by atoms with Crippen LogP contribution in [0, 0.1) is 6.92 Å². The molecule has 3 rings (SSSR count). The van der Waals surface area contributed by atoms with E-state index in [9.17, 15) is 22.8 Å². The zero-order valence-corrected chi connectivity index (χ0v) is 16.7. The SMILES string of the molecule is Cc1cc(=O)c(C(=O)NCCCNc2ccccc2)nn1-c1cccc(C(F)(F)F)c1. The lowest BCUT2D eigenvalue weighted by molar-refractivity contribution is -0.137. The number of hydrogen-bond donors (Lipinski definition) is 2. The highest BCUT2D eigenvalue weighted by Crippen LogP contribution is 2.30. The lowest BCUT2D eigenvalue weighted by Gasteiger charge is -2.13. The molecule has 1 aromatic heterocycles. The predicted molar refractivity (Wildman–Crippen MR) is 111 cm³/mol. The zero-order valence-electron chi connectivity index (χ0n) is 16.7. The Balaban J connectivity index is 1.69. The Bertz CT molecular complexity index is 1110. The highest BCUT2D eigenvalue weighted by Gasteiger charge is 2.30. The minimum absolute atomic E-state index is 0.105. The number of carbonyl (C=O) groups excluding carboxylic acids is 1. The Kier molecular flexibility index (Phi) is 6.74. The van der Waals surface area contributed by atoms with Crippen LogP contribution in [0.3, 0.4) is 0 Å². The van der Waals surface area contributed by atoms with E-state index in [1.54, 1.807) is 0 Å². The molecule has 31 heavy (non-hydrogen) atoms. The van der Waals surface area contributed by atoms with Crippen molar-refractivity contribution in [2.45, 2.75) is 19.5 Å². The maximum absolute atomic E-state index is 13.0. The van der Waals surface area contributed by atoms with Crippen LogP contribution >= 0.6 is 0 Å². The molecule has 0 spiro atoms. The van der Waals surface area contributed by atoms with Crippen LogP contribution in [-0.2, 0) is 6.18 Å². The van der Waals surface area contributed by atoms with Crippen molar-refractivity contribution < 1.29 is 18.0 Å². The van der Waals surface area contributed by atoms with E-state index in [-0.39, 0.29) is 11.4 Å². The number of nitrogens with one attached hydrogen (secondary N) is 2. The van der Waals surface area contributed by atoms with Gasteiger partial charge in [-0.2, -0.15) is 18.3 Å². The van der Waals surface area contributed by atoms with Crippen LogP contribution in [0.25, 0.3) is 5.69 Å². The molecule has 0 radical (unpaired) electrons. The fourth-order valence-electron chi connectivity index (χ4n) is 2.94. The largest absolute Gasteiger partial charge is 0.416 e. The van der Waals surface area contributed by atoms with Gasteiger partial charge in [0.2, 0.25) is 5.43 Å². The van der Waals surface area contributed by atoms with Crippen LogP contribution in [0.1, 0.15) is 28.2 Å². The van der Waals surface area contributed by atoms with Crippen molar-refractivity contribution in [3.05, 3.63) is 87.8 Å². The molecule has 0 aliphatic heterocycles. The number of halogens is 3. The smallest absolute Gasteiger partial charge is 0.385 e. The third-order valence-corrected chi connectivity index (χ3v) is 4.48. The molecule has 0 aliphatic rings. The third kappa shape index (κ3) is 5.71. The van der Waals surface area contributed by atoms with Gasteiger partial charge in [0.05, 0.1) is 11.3 Å². The van der Waals surface area contributed by atoms with Crippen molar-refractivity contribution in [3.8, 4) is 5.69 Å². The van der Waals surface area contributed by atoms with Gasteiger partial charge in [-0.15, -0.1) is 0 Å². The number of benzene rings is 2.